The van der Waals surface area contributed by atoms with Crippen LogP contribution < -0.4 is 10.6 Å². The van der Waals surface area contributed by atoms with Crippen molar-refractivity contribution in [3.05, 3.63) is 48.6 Å². The summed E-state index contributed by atoms with van der Waals surface area (Å²) in [5.74, 6) is 0.00396. The number of amides is 1. The van der Waals surface area contributed by atoms with Crippen LogP contribution in [0.3, 0.4) is 0 Å². The van der Waals surface area contributed by atoms with E-state index in [0.29, 0.717) is 6.54 Å². The smallest absolute Gasteiger partial charge is 0.237 e. The second-order valence-electron chi connectivity index (χ2n) is 4.29. The lowest BCUT2D eigenvalue weighted by Crippen LogP contribution is -2.43. The van der Waals surface area contributed by atoms with E-state index in [1.54, 1.807) is 6.08 Å². The largest absolute Gasteiger partial charge is 0.351 e. The van der Waals surface area contributed by atoms with Crippen LogP contribution in [0.1, 0.15) is 31.9 Å². The molecule has 2 unspecified atom stereocenters. The van der Waals surface area contributed by atoms with Gasteiger partial charge < -0.3 is 5.32 Å². The first kappa shape index (κ1) is 14.5. The van der Waals surface area contributed by atoms with Crippen LogP contribution in [0.4, 0.5) is 0 Å². The second-order valence-corrected chi connectivity index (χ2v) is 4.29. The quantitative estimate of drug-likeness (QED) is 0.725. The standard InChI is InChI=1S/C15H22N2O/c1-4-11-16-15(18)12(3)17-14(5-2)13-9-7-6-8-10-13/h4,6-10,12,14,17H,1,5,11H2,2-3H3,(H,16,18). The zero-order valence-corrected chi connectivity index (χ0v) is 11.1. The molecule has 3 heteroatoms. The molecule has 0 heterocycles. The fourth-order valence-corrected chi connectivity index (χ4v) is 1.84. The van der Waals surface area contributed by atoms with Crippen LogP contribution in [0.15, 0.2) is 43.0 Å². The minimum Gasteiger partial charge on any atom is -0.351 e. The Hall–Kier alpha value is -1.61. The van der Waals surface area contributed by atoms with Crippen molar-refractivity contribution in [3.8, 4) is 0 Å². The van der Waals surface area contributed by atoms with Gasteiger partial charge in [-0.3, -0.25) is 10.1 Å². The number of carbonyl (C=O) groups is 1. The molecule has 98 valence electrons. The van der Waals surface area contributed by atoms with Gasteiger partial charge in [-0.05, 0) is 18.9 Å². The number of nitrogens with one attached hydrogen (secondary N) is 2. The van der Waals surface area contributed by atoms with Crippen molar-refractivity contribution in [3.63, 3.8) is 0 Å². The van der Waals surface area contributed by atoms with Crippen molar-refractivity contribution in [1.82, 2.24) is 10.6 Å². The summed E-state index contributed by atoms with van der Waals surface area (Å²) in [7, 11) is 0. The predicted molar refractivity (Wildman–Crippen MR) is 75.3 cm³/mol. The molecule has 3 nitrogen and oxygen atoms in total. The highest BCUT2D eigenvalue weighted by Gasteiger charge is 2.17. The molecule has 1 aromatic rings. The molecular formula is C15H22N2O. The van der Waals surface area contributed by atoms with Gasteiger partial charge in [0.05, 0.1) is 6.04 Å². The van der Waals surface area contributed by atoms with Gasteiger partial charge in [-0.2, -0.15) is 0 Å². The van der Waals surface area contributed by atoms with Gasteiger partial charge in [0.25, 0.3) is 0 Å². The number of rotatable bonds is 7. The summed E-state index contributed by atoms with van der Waals surface area (Å²) in [5, 5.41) is 6.14. The summed E-state index contributed by atoms with van der Waals surface area (Å²) in [6, 6.07) is 10.2. The summed E-state index contributed by atoms with van der Waals surface area (Å²) >= 11 is 0. The van der Waals surface area contributed by atoms with E-state index in [1.807, 2.05) is 25.1 Å². The van der Waals surface area contributed by atoms with Crippen molar-refractivity contribution < 1.29 is 4.79 Å². The fourth-order valence-electron chi connectivity index (χ4n) is 1.84. The van der Waals surface area contributed by atoms with Gasteiger partial charge in [0.1, 0.15) is 0 Å². The first-order valence-electron chi connectivity index (χ1n) is 6.38. The molecule has 0 saturated heterocycles. The Morgan fingerprint density at radius 2 is 2.06 bits per heavy atom. The molecule has 0 saturated carbocycles. The van der Waals surface area contributed by atoms with Crippen molar-refractivity contribution in [2.75, 3.05) is 6.54 Å². The van der Waals surface area contributed by atoms with E-state index < -0.39 is 0 Å². The Morgan fingerprint density at radius 1 is 1.39 bits per heavy atom. The van der Waals surface area contributed by atoms with Crippen molar-refractivity contribution >= 4 is 5.91 Å². The molecule has 0 radical (unpaired) electrons. The lowest BCUT2D eigenvalue weighted by atomic mass is 10.0. The Kier molecular flexibility index (Phi) is 6.15. The maximum Gasteiger partial charge on any atom is 0.237 e. The zero-order chi connectivity index (χ0) is 13.4. The maximum atomic E-state index is 11.8. The minimum absolute atomic E-state index is 0.00396. The Balaban J connectivity index is 2.58. The van der Waals surface area contributed by atoms with Gasteiger partial charge in [-0.25, -0.2) is 0 Å². The minimum atomic E-state index is -0.213. The van der Waals surface area contributed by atoms with Crippen LogP contribution in [-0.4, -0.2) is 18.5 Å². The summed E-state index contributed by atoms with van der Waals surface area (Å²) in [4.78, 5) is 11.8. The first-order chi connectivity index (χ1) is 8.69. The van der Waals surface area contributed by atoms with E-state index in [4.69, 9.17) is 0 Å². The third kappa shape index (κ3) is 4.34. The normalized spacial score (nSPS) is 13.7. The average Bonchev–Trinajstić information content (AvgIpc) is 2.42. The Bertz CT molecular complexity index is 375. The molecule has 0 spiro atoms. The fraction of sp³-hybridized carbons (Fsp3) is 0.400. The number of hydrogen-bond donors (Lipinski definition) is 2. The topological polar surface area (TPSA) is 41.1 Å². The van der Waals surface area contributed by atoms with Crippen LogP contribution >= 0.6 is 0 Å². The molecule has 0 aromatic heterocycles. The predicted octanol–water partition coefficient (Wildman–Crippen LogP) is 2.42. The SMILES string of the molecule is C=CCNC(=O)C(C)NC(CC)c1ccccc1. The van der Waals surface area contributed by atoms with Crippen molar-refractivity contribution in [1.29, 1.82) is 0 Å². The van der Waals surface area contributed by atoms with E-state index >= 15 is 0 Å². The summed E-state index contributed by atoms with van der Waals surface area (Å²) in [6.07, 6.45) is 2.63. The molecule has 1 amide bonds. The van der Waals surface area contributed by atoms with Crippen LogP contribution in [-0.2, 0) is 4.79 Å². The monoisotopic (exact) mass is 246 g/mol. The number of benzene rings is 1. The molecule has 2 N–H and O–H groups in total. The second kappa shape index (κ2) is 7.67. The summed E-state index contributed by atoms with van der Waals surface area (Å²) < 4.78 is 0. The molecule has 0 aliphatic rings. The molecule has 0 aliphatic carbocycles. The molecule has 0 fully saturated rings. The number of carbonyl (C=O) groups excluding carboxylic acids is 1. The molecule has 0 aliphatic heterocycles. The van der Waals surface area contributed by atoms with Gasteiger partial charge in [-0.1, -0.05) is 43.3 Å². The van der Waals surface area contributed by atoms with Gasteiger partial charge >= 0.3 is 0 Å². The molecule has 0 bridgehead atoms. The lowest BCUT2D eigenvalue weighted by molar-refractivity contribution is -0.122. The van der Waals surface area contributed by atoms with Crippen molar-refractivity contribution in [2.24, 2.45) is 0 Å². The Labute approximate surface area is 109 Å². The third-order valence-corrected chi connectivity index (χ3v) is 2.88. The zero-order valence-electron chi connectivity index (χ0n) is 11.1. The van der Waals surface area contributed by atoms with E-state index in [-0.39, 0.29) is 18.0 Å². The number of hydrogen-bond acceptors (Lipinski definition) is 2. The molecular weight excluding hydrogens is 224 g/mol. The van der Waals surface area contributed by atoms with E-state index in [9.17, 15) is 4.79 Å². The molecule has 18 heavy (non-hydrogen) atoms. The maximum absolute atomic E-state index is 11.8. The summed E-state index contributed by atoms with van der Waals surface area (Å²) in [5.41, 5.74) is 1.21. The van der Waals surface area contributed by atoms with Crippen LogP contribution in [0.25, 0.3) is 0 Å². The van der Waals surface area contributed by atoms with E-state index in [0.717, 1.165) is 6.42 Å². The van der Waals surface area contributed by atoms with Crippen molar-refractivity contribution in [2.45, 2.75) is 32.4 Å². The van der Waals surface area contributed by atoms with Gasteiger partial charge in [0.2, 0.25) is 5.91 Å². The molecule has 1 aromatic carbocycles. The first-order valence-corrected chi connectivity index (χ1v) is 6.38. The van der Waals surface area contributed by atoms with Gasteiger partial charge in [0.15, 0.2) is 0 Å². The highest BCUT2D eigenvalue weighted by molar-refractivity contribution is 5.81. The summed E-state index contributed by atoms with van der Waals surface area (Å²) in [6.45, 7) is 8.08. The van der Waals surface area contributed by atoms with Gasteiger partial charge in [0, 0.05) is 12.6 Å². The van der Waals surface area contributed by atoms with Crippen LogP contribution in [0.5, 0.6) is 0 Å². The lowest BCUT2D eigenvalue weighted by Gasteiger charge is -2.22. The van der Waals surface area contributed by atoms with E-state index in [1.165, 1.54) is 5.56 Å². The van der Waals surface area contributed by atoms with Crippen LogP contribution in [0.2, 0.25) is 0 Å². The van der Waals surface area contributed by atoms with Gasteiger partial charge in [-0.15, -0.1) is 6.58 Å². The highest BCUT2D eigenvalue weighted by Crippen LogP contribution is 2.16. The van der Waals surface area contributed by atoms with Crippen LogP contribution in [0, 0.1) is 0 Å². The molecule has 1 rings (SSSR count). The third-order valence-electron chi connectivity index (χ3n) is 2.88. The highest BCUT2D eigenvalue weighted by atomic mass is 16.2. The average molecular weight is 246 g/mol. The molecule has 2 atom stereocenters. The van der Waals surface area contributed by atoms with E-state index in [2.05, 4.69) is 36.3 Å². The Morgan fingerprint density at radius 3 is 2.61 bits per heavy atom.